The third-order valence-electron chi connectivity index (χ3n) is 3.40. The summed E-state index contributed by atoms with van der Waals surface area (Å²) in [7, 11) is -3.63. The standard InChI is InChI=1S/C13H19N3O3S/c1-10-7-12(4-3-11(10)8-14)20(18,19)16-6-2-5-15-13(17)9-16/h3-4,7H,2,5-6,8-9,14H2,1H3,(H,15,17). The van der Waals surface area contributed by atoms with Gasteiger partial charge in [0.25, 0.3) is 0 Å². The van der Waals surface area contributed by atoms with Gasteiger partial charge in [-0.05, 0) is 36.6 Å². The maximum atomic E-state index is 12.6. The molecule has 6 nitrogen and oxygen atoms in total. The van der Waals surface area contributed by atoms with Crippen molar-refractivity contribution in [1.82, 2.24) is 9.62 Å². The molecule has 7 heteroatoms. The molecule has 1 aliphatic heterocycles. The zero-order valence-electron chi connectivity index (χ0n) is 11.4. The number of sulfonamides is 1. The van der Waals surface area contributed by atoms with Crippen LogP contribution >= 0.6 is 0 Å². The van der Waals surface area contributed by atoms with Crippen LogP contribution in [-0.2, 0) is 21.4 Å². The van der Waals surface area contributed by atoms with E-state index in [2.05, 4.69) is 5.32 Å². The molecule has 1 aliphatic rings. The summed E-state index contributed by atoms with van der Waals surface area (Å²) in [5.74, 6) is -0.263. The van der Waals surface area contributed by atoms with Crippen molar-refractivity contribution in [2.45, 2.75) is 24.8 Å². The third-order valence-corrected chi connectivity index (χ3v) is 5.24. The highest BCUT2D eigenvalue weighted by atomic mass is 32.2. The van der Waals surface area contributed by atoms with E-state index < -0.39 is 10.0 Å². The van der Waals surface area contributed by atoms with E-state index in [4.69, 9.17) is 5.73 Å². The first-order valence-electron chi connectivity index (χ1n) is 6.51. The van der Waals surface area contributed by atoms with Crippen LogP contribution in [0.3, 0.4) is 0 Å². The predicted octanol–water partition coefficient (Wildman–Crippen LogP) is -0.0357. The largest absolute Gasteiger partial charge is 0.355 e. The molecule has 0 unspecified atom stereocenters. The first-order chi connectivity index (χ1) is 9.45. The van der Waals surface area contributed by atoms with E-state index in [1.165, 1.54) is 4.31 Å². The van der Waals surface area contributed by atoms with Gasteiger partial charge >= 0.3 is 0 Å². The monoisotopic (exact) mass is 297 g/mol. The second-order valence-corrected chi connectivity index (χ2v) is 6.77. The summed E-state index contributed by atoms with van der Waals surface area (Å²) >= 11 is 0. The Labute approximate surface area is 119 Å². The summed E-state index contributed by atoms with van der Waals surface area (Å²) in [5, 5.41) is 2.67. The van der Waals surface area contributed by atoms with Crippen molar-refractivity contribution in [1.29, 1.82) is 0 Å². The average molecular weight is 297 g/mol. The van der Waals surface area contributed by atoms with Crippen molar-refractivity contribution in [2.75, 3.05) is 19.6 Å². The molecule has 3 N–H and O–H groups in total. The minimum absolute atomic E-state index is 0.125. The Morgan fingerprint density at radius 3 is 2.80 bits per heavy atom. The van der Waals surface area contributed by atoms with Crippen molar-refractivity contribution >= 4 is 15.9 Å². The zero-order chi connectivity index (χ0) is 14.8. The number of carbonyl (C=O) groups excluding carboxylic acids is 1. The molecule has 0 aliphatic carbocycles. The molecule has 110 valence electrons. The summed E-state index contributed by atoms with van der Waals surface area (Å²) in [5.41, 5.74) is 7.33. The highest BCUT2D eigenvalue weighted by Crippen LogP contribution is 2.20. The quantitative estimate of drug-likeness (QED) is 0.819. The SMILES string of the molecule is Cc1cc(S(=O)(=O)N2CCCNC(=O)C2)ccc1CN. The van der Waals surface area contributed by atoms with E-state index in [1.54, 1.807) is 18.2 Å². The van der Waals surface area contributed by atoms with Gasteiger partial charge in [-0.15, -0.1) is 0 Å². The molecular formula is C13H19N3O3S. The van der Waals surface area contributed by atoms with Gasteiger partial charge in [0.1, 0.15) is 0 Å². The third kappa shape index (κ3) is 3.00. The van der Waals surface area contributed by atoms with Crippen LogP contribution in [0, 0.1) is 6.92 Å². The van der Waals surface area contributed by atoms with Crippen LogP contribution in [0.15, 0.2) is 23.1 Å². The van der Waals surface area contributed by atoms with Crippen LogP contribution in [0.1, 0.15) is 17.5 Å². The lowest BCUT2D eigenvalue weighted by molar-refractivity contribution is -0.120. The fraction of sp³-hybridized carbons (Fsp3) is 0.462. The summed E-state index contributed by atoms with van der Waals surface area (Å²) in [6.07, 6.45) is 0.616. The molecule has 0 bridgehead atoms. The maximum absolute atomic E-state index is 12.6. The number of aryl methyl sites for hydroxylation is 1. The van der Waals surface area contributed by atoms with Crippen LogP contribution in [-0.4, -0.2) is 38.3 Å². The minimum atomic E-state index is -3.63. The number of hydrogen-bond donors (Lipinski definition) is 2. The van der Waals surface area contributed by atoms with E-state index in [0.717, 1.165) is 11.1 Å². The Morgan fingerprint density at radius 2 is 2.15 bits per heavy atom. The topological polar surface area (TPSA) is 92.5 Å². The summed E-state index contributed by atoms with van der Waals surface area (Å²) in [4.78, 5) is 11.7. The molecule has 20 heavy (non-hydrogen) atoms. The molecule has 0 atom stereocenters. The van der Waals surface area contributed by atoms with Crippen LogP contribution in [0.4, 0.5) is 0 Å². The Morgan fingerprint density at radius 1 is 1.40 bits per heavy atom. The molecule has 0 saturated carbocycles. The Balaban J connectivity index is 2.34. The Bertz CT molecular complexity index is 613. The van der Waals surface area contributed by atoms with Gasteiger partial charge in [-0.25, -0.2) is 8.42 Å². The van der Waals surface area contributed by atoms with Crippen molar-refractivity contribution in [3.63, 3.8) is 0 Å². The number of benzene rings is 1. The highest BCUT2D eigenvalue weighted by Gasteiger charge is 2.28. The number of rotatable bonds is 3. The Hall–Kier alpha value is -1.44. The van der Waals surface area contributed by atoms with Gasteiger partial charge in [-0.2, -0.15) is 4.31 Å². The molecular weight excluding hydrogens is 278 g/mol. The first-order valence-corrected chi connectivity index (χ1v) is 7.95. The highest BCUT2D eigenvalue weighted by molar-refractivity contribution is 7.89. The number of carbonyl (C=O) groups is 1. The lowest BCUT2D eigenvalue weighted by Gasteiger charge is -2.19. The number of nitrogens with two attached hydrogens (primary N) is 1. The molecule has 0 aromatic heterocycles. The summed E-state index contributed by atoms with van der Waals surface area (Å²) in [6.45, 7) is 2.93. The molecule has 1 aromatic carbocycles. The van der Waals surface area contributed by atoms with E-state index in [1.807, 2.05) is 6.92 Å². The lowest BCUT2D eigenvalue weighted by atomic mass is 10.1. The first kappa shape index (κ1) is 15.0. The molecule has 1 saturated heterocycles. The molecule has 0 spiro atoms. The van der Waals surface area contributed by atoms with Gasteiger partial charge < -0.3 is 11.1 Å². The van der Waals surface area contributed by atoms with E-state index in [9.17, 15) is 13.2 Å². The second-order valence-electron chi connectivity index (χ2n) is 4.83. The van der Waals surface area contributed by atoms with E-state index >= 15 is 0 Å². The second kappa shape index (κ2) is 5.90. The van der Waals surface area contributed by atoms with Gasteiger partial charge in [-0.3, -0.25) is 4.79 Å². The van der Waals surface area contributed by atoms with Gasteiger partial charge in [-0.1, -0.05) is 6.07 Å². The minimum Gasteiger partial charge on any atom is -0.355 e. The smallest absolute Gasteiger partial charge is 0.243 e. The van der Waals surface area contributed by atoms with Crippen molar-refractivity contribution < 1.29 is 13.2 Å². The molecule has 1 amide bonds. The van der Waals surface area contributed by atoms with E-state index in [-0.39, 0.29) is 17.3 Å². The zero-order valence-corrected chi connectivity index (χ0v) is 12.2. The van der Waals surface area contributed by atoms with E-state index in [0.29, 0.717) is 26.1 Å². The van der Waals surface area contributed by atoms with Gasteiger partial charge in [0, 0.05) is 19.6 Å². The van der Waals surface area contributed by atoms with Crippen LogP contribution in [0.2, 0.25) is 0 Å². The number of nitrogens with zero attached hydrogens (tertiary/aromatic N) is 1. The van der Waals surface area contributed by atoms with Gasteiger partial charge in [0.15, 0.2) is 0 Å². The molecule has 1 heterocycles. The summed E-state index contributed by atoms with van der Waals surface area (Å²) < 4.78 is 26.3. The summed E-state index contributed by atoms with van der Waals surface area (Å²) in [6, 6.07) is 4.88. The van der Waals surface area contributed by atoms with Crippen molar-refractivity contribution in [3.05, 3.63) is 29.3 Å². The molecule has 0 radical (unpaired) electrons. The van der Waals surface area contributed by atoms with Crippen LogP contribution in [0.5, 0.6) is 0 Å². The maximum Gasteiger partial charge on any atom is 0.243 e. The normalized spacial score (nSPS) is 17.6. The molecule has 1 fully saturated rings. The van der Waals surface area contributed by atoms with Gasteiger partial charge in [0.05, 0.1) is 11.4 Å². The fourth-order valence-electron chi connectivity index (χ4n) is 2.19. The number of amides is 1. The molecule has 1 aromatic rings. The van der Waals surface area contributed by atoms with Crippen LogP contribution in [0.25, 0.3) is 0 Å². The van der Waals surface area contributed by atoms with Crippen molar-refractivity contribution in [2.24, 2.45) is 5.73 Å². The number of nitrogens with one attached hydrogen (secondary N) is 1. The fourth-order valence-corrected chi connectivity index (χ4v) is 3.71. The lowest BCUT2D eigenvalue weighted by Crippen LogP contribution is -2.37. The van der Waals surface area contributed by atoms with Gasteiger partial charge in [0.2, 0.25) is 15.9 Å². The average Bonchev–Trinajstić information content (AvgIpc) is 2.63. The predicted molar refractivity (Wildman–Crippen MR) is 75.5 cm³/mol. The van der Waals surface area contributed by atoms with Crippen molar-refractivity contribution in [3.8, 4) is 0 Å². The number of hydrogen-bond acceptors (Lipinski definition) is 4. The Kier molecular flexibility index (Phi) is 4.42. The van der Waals surface area contributed by atoms with Crippen LogP contribution < -0.4 is 11.1 Å². The molecule has 2 rings (SSSR count).